The van der Waals surface area contributed by atoms with Crippen molar-refractivity contribution in [3.8, 4) is 0 Å². The minimum Gasteiger partial charge on any atom is -0.361 e. The molecule has 1 fully saturated rings. The molecule has 3 heterocycles. The molecule has 8 nitrogen and oxygen atoms in total. The van der Waals surface area contributed by atoms with Crippen molar-refractivity contribution in [1.82, 2.24) is 24.4 Å². The summed E-state index contributed by atoms with van der Waals surface area (Å²) in [6.45, 7) is 2.25. The van der Waals surface area contributed by atoms with E-state index in [2.05, 4.69) is 10.3 Å². The maximum absolute atomic E-state index is 12.9. The molecular weight excluding hydrogens is 343 g/mol. The zero-order valence-corrected chi connectivity index (χ0v) is 13.6. The second-order valence-electron chi connectivity index (χ2n) is 5.95. The van der Waals surface area contributed by atoms with Crippen LogP contribution in [-0.2, 0) is 13.2 Å². The van der Waals surface area contributed by atoms with Crippen LogP contribution in [0.25, 0.3) is 0 Å². The van der Waals surface area contributed by atoms with E-state index in [4.69, 9.17) is 4.52 Å². The minimum atomic E-state index is -4.69. The zero-order valence-electron chi connectivity index (χ0n) is 13.6. The van der Waals surface area contributed by atoms with Crippen molar-refractivity contribution in [3.63, 3.8) is 0 Å². The van der Waals surface area contributed by atoms with Crippen LogP contribution in [-0.4, -0.2) is 43.4 Å². The van der Waals surface area contributed by atoms with Crippen molar-refractivity contribution in [2.75, 3.05) is 13.1 Å². The van der Waals surface area contributed by atoms with Gasteiger partial charge in [-0.1, -0.05) is 5.16 Å². The Labute approximate surface area is 139 Å². The first-order valence-corrected chi connectivity index (χ1v) is 7.64. The summed E-state index contributed by atoms with van der Waals surface area (Å²) in [5.41, 5.74) is -0.630. The maximum atomic E-state index is 12.9. The summed E-state index contributed by atoms with van der Waals surface area (Å²) in [6.07, 6.45) is -4.03. The molecule has 1 saturated heterocycles. The molecule has 0 bridgehead atoms. The fourth-order valence-electron chi connectivity index (χ4n) is 2.88. The van der Waals surface area contributed by atoms with Crippen molar-refractivity contribution >= 4 is 5.91 Å². The van der Waals surface area contributed by atoms with Crippen molar-refractivity contribution in [2.45, 2.75) is 32.0 Å². The molecule has 1 amide bonds. The number of halogens is 3. The molecule has 2 aromatic heterocycles. The van der Waals surface area contributed by atoms with Gasteiger partial charge in [0.15, 0.2) is 5.69 Å². The number of piperidine rings is 1. The lowest BCUT2D eigenvalue weighted by molar-refractivity contribution is -0.147. The molecule has 2 aromatic rings. The Morgan fingerprint density at radius 2 is 1.96 bits per heavy atom. The first-order valence-electron chi connectivity index (χ1n) is 7.64. The molecule has 0 saturated carbocycles. The predicted molar refractivity (Wildman–Crippen MR) is 77.9 cm³/mol. The molecule has 0 unspecified atom stereocenters. The van der Waals surface area contributed by atoms with Crippen molar-refractivity contribution in [1.29, 1.82) is 0 Å². The van der Waals surface area contributed by atoms with Gasteiger partial charge in [-0.05, 0) is 19.8 Å². The van der Waals surface area contributed by atoms with E-state index in [0.717, 1.165) is 11.7 Å². The second-order valence-corrected chi connectivity index (χ2v) is 5.95. The number of aryl methyl sites for hydroxylation is 1. The second kappa shape index (κ2) is 6.05. The molecule has 1 aliphatic heterocycles. The molecule has 25 heavy (non-hydrogen) atoms. The van der Waals surface area contributed by atoms with E-state index in [1.165, 1.54) is 11.0 Å². The normalized spacial score (nSPS) is 16.4. The average Bonchev–Trinajstić information content (AvgIpc) is 3.11. The fraction of sp³-hybridized carbons (Fsp3) is 0.571. The number of amides is 1. The largest absolute Gasteiger partial charge is 0.451 e. The number of hydrogen-bond acceptors (Lipinski definition) is 5. The third-order valence-corrected chi connectivity index (χ3v) is 4.20. The minimum absolute atomic E-state index is 0.185. The SMILES string of the molecule is Cc1cc(C(=O)N2CCC(n3nc(C(F)(F)F)n(C)c3=O)CC2)no1. The molecule has 0 radical (unpaired) electrons. The topological polar surface area (TPSA) is 86.2 Å². The Morgan fingerprint density at radius 3 is 2.44 bits per heavy atom. The van der Waals surface area contributed by atoms with Gasteiger partial charge in [0.25, 0.3) is 5.91 Å². The highest BCUT2D eigenvalue weighted by atomic mass is 19.4. The first kappa shape index (κ1) is 17.2. The lowest BCUT2D eigenvalue weighted by Gasteiger charge is -2.31. The van der Waals surface area contributed by atoms with Crippen LogP contribution in [0.3, 0.4) is 0 Å². The van der Waals surface area contributed by atoms with Gasteiger partial charge in [-0.15, -0.1) is 5.10 Å². The molecule has 0 N–H and O–H groups in total. The van der Waals surface area contributed by atoms with Crippen LogP contribution in [0.5, 0.6) is 0 Å². The predicted octanol–water partition coefficient (Wildman–Crippen LogP) is 1.37. The van der Waals surface area contributed by atoms with Gasteiger partial charge in [-0.3, -0.25) is 9.36 Å². The molecule has 0 aromatic carbocycles. The Kier molecular flexibility index (Phi) is 4.17. The highest BCUT2D eigenvalue weighted by Gasteiger charge is 2.39. The van der Waals surface area contributed by atoms with Gasteiger partial charge < -0.3 is 9.42 Å². The van der Waals surface area contributed by atoms with Gasteiger partial charge in [0.1, 0.15) is 5.76 Å². The van der Waals surface area contributed by atoms with Gasteiger partial charge in [0.05, 0.1) is 6.04 Å². The van der Waals surface area contributed by atoms with Gasteiger partial charge in [-0.2, -0.15) is 13.2 Å². The zero-order chi connectivity index (χ0) is 18.4. The van der Waals surface area contributed by atoms with Gasteiger partial charge >= 0.3 is 11.9 Å². The highest BCUT2D eigenvalue weighted by Crippen LogP contribution is 2.28. The van der Waals surface area contributed by atoms with Crippen molar-refractivity contribution < 1.29 is 22.5 Å². The summed E-state index contributed by atoms with van der Waals surface area (Å²) >= 11 is 0. The van der Waals surface area contributed by atoms with Crippen LogP contribution in [0.1, 0.15) is 41.0 Å². The summed E-state index contributed by atoms with van der Waals surface area (Å²) in [4.78, 5) is 25.8. The Balaban J connectivity index is 1.73. The summed E-state index contributed by atoms with van der Waals surface area (Å²) < 4.78 is 44.8. The van der Waals surface area contributed by atoms with E-state index in [1.54, 1.807) is 6.92 Å². The standard InChI is InChI=1S/C14H16F3N5O3/c1-8-7-10(19-25-8)11(23)21-5-3-9(4-6-21)22-13(24)20(2)12(18-22)14(15,16)17/h7,9H,3-6H2,1-2H3. The monoisotopic (exact) mass is 359 g/mol. The summed E-state index contributed by atoms with van der Waals surface area (Å²) in [5, 5.41) is 7.11. The van der Waals surface area contributed by atoms with Gasteiger partial charge in [-0.25, -0.2) is 9.48 Å². The van der Waals surface area contributed by atoms with E-state index < -0.39 is 23.7 Å². The van der Waals surface area contributed by atoms with E-state index in [1.807, 2.05) is 0 Å². The molecule has 0 aliphatic carbocycles. The molecule has 136 valence electrons. The summed E-state index contributed by atoms with van der Waals surface area (Å²) in [7, 11) is 1.04. The van der Waals surface area contributed by atoms with Crippen LogP contribution in [0.2, 0.25) is 0 Å². The number of nitrogens with zero attached hydrogens (tertiary/aromatic N) is 5. The Hall–Kier alpha value is -2.59. The van der Waals surface area contributed by atoms with E-state index in [9.17, 15) is 22.8 Å². The number of carbonyl (C=O) groups excluding carboxylic acids is 1. The van der Waals surface area contributed by atoms with Crippen LogP contribution < -0.4 is 5.69 Å². The molecule has 3 rings (SSSR count). The number of alkyl halides is 3. The highest BCUT2D eigenvalue weighted by molar-refractivity contribution is 5.92. The van der Waals surface area contributed by atoms with Crippen molar-refractivity contribution in [2.24, 2.45) is 7.05 Å². The Bertz CT molecular complexity index is 843. The van der Waals surface area contributed by atoms with Gasteiger partial charge in [0.2, 0.25) is 5.82 Å². The van der Waals surface area contributed by atoms with E-state index in [0.29, 0.717) is 36.3 Å². The smallest absolute Gasteiger partial charge is 0.361 e. The first-order chi connectivity index (χ1) is 11.7. The third kappa shape index (κ3) is 3.17. The third-order valence-electron chi connectivity index (χ3n) is 4.20. The summed E-state index contributed by atoms with van der Waals surface area (Å²) in [6, 6.07) is 1.03. The van der Waals surface area contributed by atoms with Crippen molar-refractivity contribution in [3.05, 3.63) is 33.8 Å². The molecule has 11 heteroatoms. The van der Waals surface area contributed by atoms with Crippen LogP contribution in [0.15, 0.2) is 15.4 Å². The van der Waals surface area contributed by atoms with E-state index in [-0.39, 0.29) is 11.6 Å². The average molecular weight is 359 g/mol. The van der Waals surface area contributed by atoms with E-state index >= 15 is 0 Å². The quantitative estimate of drug-likeness (QED) is 0.808. The molecule has 1 aliphatic rings. The van der Waals surface area contributed by atoms with Crippen LogP contribution in [0.4, 0.5) is 13.2 Å². The molecule has 0 atom stereocenters. The Morgan fingerprint density at radius 1 is 1.32 bits per heavy atom. The number of carbonyl (C=O) groups is 1. The number of aromatic nitrogens is 4. The molecule has 0 spiro atoms. The lowest BCUT2D eigenvalue weighted by atomic mass is 10.1. The van der Waals surface area contributed by atoms with Crippen LogP contribution in [0, 0.1) is 6.92 Å². The lowest BCUT2D eigenvalue weighted by Crippen LogP contribution is -2.41. The number of rotatable bonds is 2. The number of hydrogen-bond donors (Lipinski definition) is 0. The van der Waals surface area contributed by atoms with Gasteiger partial charge in [0, 0.05) is 26.2 Å². The fourth-order valence-corrected chi connectivity index (χ4v) is 2.88. The number of likely N-dealkylation sites (tertiary alicyclic amines) is 1. The molecular formula is C14H16F3N5O3. The van der Waals surface area contributed by atoms with Crippen LogP contribution >= 0.6 is 0 Å². The maximum Gasteiger partial charge on any atom is 0.451 e. The summed E-state index contributed by atoms with van der Waals surface area (Å²) in [5.74, 6) is -1.02.